The smallest absolute Gasteiger partial charge is 0.319 e. The highest BCUT2D eigenvalue weighted by Gasteiger charge is 2.21. The highest BCUT2D eigenvalue weighted by molar-refractivity contribution is 5.89. The van der Waals surface area contributed by atoms with Gasteiger partial charge in [-0.1, -0.05) is 44.2 Å². The third kappa shape index (κ3) is 4.41. The summed E-state index contributed by atoms with van der Waals surface area (Å²) in [4.78, 5) is 12.2. The fourth-order valence-electron chi connectivity index (χ4n) is 2.38. The van der Waals surface area contributed by atoms with Crippen LogP contribution in [0.15, 0.2) is 48.5 Å². The van der Waals surface area contributed by atoms with Gasteiger partial charge < -0.3 is 20.1 Å². The van der Waals surface area contributed by atoms with Gasteiger partial charge in [0.15, 0.2) is 11.5 Å². The van der Waals surface area contributed by atoms with Crippen molar-refractivity contribution in [2.24, 2.45) is 0 Å². The van der Waals surface area contributed by atoms with Crippen molar-refractivity contribution in [2.45, 2.75) is 19.3 Å². The Morgan fingerprint density at radius 1 is 1.00 bits per heavy atom. The summed E-state index contributed by atoms with van der Waals surface area (Å²) < 4.78 is 10.4. The Morgan fingerprint density at radius 2 is 1.67 bits per heavy atom. The van der Waals surface area contributed by atoms with Crippen LogP contribution < -0.4 is 20.1 Å². The minimum atomic E-state index is -0.258. The summed E-state index contributed by atoms with van der Waals surface area (Å²) >= 11 is 0. The number of ether oxygens (including phenoxy) is 2. The lowest BCUT2D eigenvalue weighted by Gasteiger charge is -2.25. The van der Waals surface area contributed by atoms with Gasteiger partial charge in [0.2, 0.25) is 0 Å². The Hall–Kier alpha value is -2.69. The lowest BCUT2D eigenvalue weighted by molar-refractivity contribution is 0.249. The molecule has 2 amide bonds. The molecule has 2 aromatic carbocycles. The third-order valence-corrected chi connectivity index (χ3v) is 3.89. The van der Waals surface area contributed by atoms with E-state index in [1.165, 1.54) is 5.56 Å². The second-order valence-electron chi connectivity index (χ2n) is 6.13. The van der Waals surface area contributed by atoms with Crippen LogP contribution in [0.5, 0.6) is 11.5 Å². The van der Waals surface area contributed by atoms with Gasteiger partial charge in [-0.25, -0.2) is 4.79 Å². The second-order valence-corrected chi connectivity index (χ2v) is 6.13. The number of carbonyl (C=O) groups excluding carboxylic acids is 1. The predicted molar refractivity (Wildman–Crippen MR) is 96.0 cm³/mol. The fraction of sp³-hybridized carbons (Fsp3) is 0.316. The number of methoxy groups -OCH3 is 2. The zero-order valence-electron chi connectivity index (χ0n) is 14.6. The van der Waals surface area contributed by atoms with Crippen molar-refractivity contribution >= 4 is 11.7 Å². The highest BCUT2D eigenvalue weighted by atomic mass is 16.5. The van der Waals surface area contributed by atoms with Crippen LogP contribution >= 0.6 is 0 Å². The Kier molecular flexibility index (Phi) is 5.68. The molecular formula is C19H24N2O3. The molecule has 5 heteroatoms. The number of carbonyl (C=O) groups is 1. The summed E-state index contributed by atoms with van der Waals surface area (Å²) in [6, 6.07) is 15.1. The number of hydrogen-bond acceptors (Lipinski definition) is 3. The van der Waals surface area contributed by atoms with Crippen LogP contribution in [0.25, 0.3) is 0 Å². The molecule has 0 bridgehead atoms. The van der Waals surface area contributed by atoms with Crippen LogP contribution in [0.4, 0.5) is 10.5 Å². The molecule has 5 nitrogen and oxygen atoms in total. The van der Waals surface area contributed by atoms with Gasteiger partial charge in [0.05, 0.1) is 14.2 Å². The van der Waals surface area contributed by atoms with E-state index in [-0.39, 0.29) is 11.4 Å². The van der Waals surface area contributed by atoms with E-state index >= 15 is 0 Å². The predicted octanol–water partition coefficient (Wildman–Crippen LogP) is 3.80. The lowest BCUT2D eigenvalue weighted by atomic mass is 9.85. The van der Waals surface area contributed by atoms with Gasteiger partial charge in [-0.3, -0.25) is 0 Å². The first-order valence-corrected chi connectivity index (χ1v) is 7.78. The van der Waals surface area contributed by atoms with Gasteiger partial charge in [0, 0.05) is 23.7 Å². The molecule has 2 aromatic rings. The molecule has 0 saturated heterocycles. The van der Waals surface area contributed by atoms with Crippen LogP contribution in [0.3, 0.4) is 0 Å². The molecular weight excluding hydrogens is 304 g/mol. The quantitative estimate of drug-likeness (QED) is 0.848. The standard InChI is InChI=1S/C19H24N2O3/c1-19(2,14-8-6-5-7-9-14)13-20-18(22)21-15-10-11-16(23-3)17(12-15)24-4/h5-12H,13H2,1-4H3,(H2,20,21,22). The summed E-state index contributed by atoms with van der Waals surface area (Å²) in [5, 5.41) is 5.72. The first kappa shape index (κ1) is 17.7. The molecule has 24 heavy (non-hydrogen) atoms. The summed E-state index contributed by atoms with van der Waals surface area (Å²) in [6.45, 7) is 4.72. The molecule has 0 radical (unpaired) electrons. The summed E-state index contributed by atoms with van der Waals surface area (Å²) in [5.74, 6) is 1.19. The zero-order chi connectivity index (χ0) is 17.6. The van der Waals surface area contributed by atoms with E-state index in [0.29, 0.717) is 23.7 Å². The summed E-state index contributed by atoms with van der Waals surface area (Å²) in [6.07, 6.45) is 0. The third-order valence-electron chi connectivity index (χ3n) is 3.89. The van der Waals surface area contributed by atoms with Crippen molar-refractivity contribution in [3.8, 4) is 11.5 Å². The molecule has 0 heterocycles. The van der Waals surface area contributed by atoms with Crippen LogP contribution in [-0.4, -0.2) is 26.8 Å². The van der Waals surface area contributed by atoms with Crippen LogP contribution in [0.2, 0.25) is 0 Å². The van der Waals surface area contributed by atoms with Gasteiger partial charge in [-0.05, 0) is 17.7 Å². The molecule has 0 aliphatic carbocycles. The molecule has 0 saturated carbocycles. The molecule has 128 valence electrons. The largest absolute Gasteiger partial charge is 0.493 e. The molecule has 0 aliphatic rings. The van der Waals surface area contributed by atoms with Crippen LogP contribution in [0, 0.1) is 0 Å². The van der Waals surface area contributed by atoms with E-state index in [4.69, 9.17) is 9.47 Å². The topological polar surface area (TPSA) is 59.6 Å². The first-order chi connectivity index (χ1) is 11.5. The minimum Gasteiger partial charge on any atom is -0.493 e. The van der Waals surface area contributed by atoms with Crippen LogP contribution in [0.1, 0.15) is 19.4 Å². The zero-order valence-corrected chi connectivity index (χ0v) is 14.6. The van der Waals surface area contributed by atoms with E-state index in [9.17, 15) is 4.79 Å². The number of hydrogen-bond donors (Lipinski definition) is 2. The molecule has 0 aliphatic heterocycles. The number of nitrogens with one attached hydrogen (secondary N) is 2. The maximum atomic E-state index is 12.2. The fourth-order valence-corrected chi connectivity index (χ4v) is 2.38. The van der Waals surface area contributed by atoms with Gasteiger partial charge in [-0.15, -0.1) is 0 Å². The van der Waals surface area contributed by atoms with Crippen LogP contribution in [-0.2, 0) is 5.41 Å². The van der Waals surface area contributed by atoms with Crippen molar-refractivity contribution in [1.29, 1.82) is 0 Å². The summed E-state index contributed by atoms with van der Waals surface area (Å²) in [5.41, 5.74) is 1.66. The Bertz CT molecular complexity index is 684. The SMILES string of the molecule is COc1ccc(NC(=O)NCC(C)(C)c2ccccc2)cc1OC. The summed E-state index contributed by atoms with van der Waals surface area (Å²) in [7, 11) is 3.13. The number of anilines is 1. The number of amides is 2. The molecule has 0 unspecified atom stereocenters. The van der Waals surface area contributed by atoms with Gasteiger partial charge in [0.1, 0.15) is 0 Å². The Morgan fingerprint density at radius 3 is 2.29 bits per heavy atom. The van der Waals surface area contributed by atoms with E-state index in [0.717, 1.165) is 0 Å². The number of rotatable bonds is 6. The number of benzene rings is 2. The molecule has 0 fully saturated rings. The Labute approximate surface area is 143 Å². The normalized spacial score (nSPS) is 10.8. The average molecular weight is 328 g/mol. The van der Waals surface area contributed by atoms with Gasteiger partial charge in [-0.2, -0.15) is 0 Å². The van der Waals surface area contributed by atoms with Crippen molar-refractivity contribution in [3.05, 3.63) is 54.1 Å². The maximum Gasteiger partial charge on any atom is 0.319 e. The van der Waals surface area contributed by atoms with Gasteiger partial charge in [0.25, 0.3) is 0 Å². The van der Waals surface area contributed by atoms with E-state index in [2.05, 4.69) is 36.6 Å². The maximum absolute atomic E-state index is 12.2. The van der Waals surface area contributed by atoms with Crippen molar-refractivity contribution in [3.63, 3.8) is 0 Å². The van der Waals surface area contributed by atoms with Crippen molar-refractivity contribution in [1.82, 2.24) is 5.32 Å². The molecule has 2 N–H and O–H groups in total. The van der Waals surface area contributed by atoms with Crippen molar-refractivity contribution in [2.75, 3.05) is 26.1 Å². The van der Waals surface area contributed by atoms with Crippen molar-refractivity contribution < 1.29 is 14.3 Å². The van der Waals surface area contributed by atoms with Gasteiger partial charge >= 0.3 is 6.03 Å². The van der Waals surface area contributed by atoms with E-state index in [1.54, 1.807) is 32.4 Å². The van der Waals surface area contributed by atoms with E-state index < -0.39 is 0 Å². The highest BCUT2D eigenvalue weighted by Crippen LogP contribution is 2.29. The molecule has 2 rings (SSSR count). The monoisotopic (exact) mass is 328 g/mol. The lowest BCUT2D eigenvalue weighted by Crippen LogP contribution is -2.38. The first-order valence-electron chi connectivity index (χ1n) is 7.78. The minimum absolute atomic E-state index is 0.157. The average Bonchev–Trinajstić information content (AvgIpc) is 2.60. The molecule has 0 spiro atoms. The molecule has 0 atom stereocenters. The second kappa shape index (κ2) is 7.73. The Balaban J connectivity index is 1.96. The number of urea groups is 1. The molecule has 0 aromatic heterocycles. The van der Waals surface area contributed by atoms with E-state index in [1.807, 2.05) is 18.2 Å².